The fourth-order valence-corrected chi connectivity index (χ4v) is 5.97. The van der Waals surface area contributed by atoms with E-state index in [0.29, 0.717) is 29.3 Å². The van der Waals surface area contributed by atoms with Crippen molar-refractivity contribution in [1.82, 2.24) is 25.2 Å². The van der Waals surface area contributed by atoms with Gasteiger partial charge in [0.25, 0.3) is 5.91 Å². The number of anilines is 2. The van der Waals surface area contributed by atoms with E-state index in [-0.39, 0.29) is 28.1 Å². The Balaban J connectivity index is 1.41. The number of carbonyl (C=O) groups is 1. The van der Waals surface area contributed by atoms with Crippen LogP contribution < -0.4 is 15.5 Å². The molecule has 0 saturated carbocycles. The van der Waals surface area contributed by atoms with E-state index in [1.54, 1.807) is 6.20 Å². The Morgan fingerprint density at radius 3 is 2.64 bits per heavy atom. The molecule has 0 aliphatic carbocycles. The molecule has 39 heavy (non-hydrogen) atoms. The number of rotatable bonds is 6. The first-order valence-electron chi connectivity index (χ1n) is 12.8. The van der Waals surface area contributed by atoms with Gasteiger partial charge in [-0.15, -0.1) is 0 Å². The molecule has 2 saturated heterocycles. The monoisotopic (exact) mass is 563 g/mol. The van der Waals surface area contributed by atoms with Crippen molar-refractivity contribution in [2.45, 2.75) is 51.5 Å². The normalized spacial score (nSPS) is 20.4. The van der Waals surface area contributed by atoms with Crippen molar-refractivity contribution in [2.75, 3.05) is 36.4 Å². The molecule has 0 spiro atoms. The maximum Gasteiger partial charge on any atom is 0.416 e. The first-order valence-corrected chi connectivity index (χ1v) is 13.6. The molecule has 2 atom stereocenters. The molecule has 5 rings (SSSR count). The lowest BCUT2D eigenvalue weighted by molar-refractivity contribution is -0.137. The number of hydrogen-bond acceptors (Lipinski definition) is 8. The number of nitrogens with one attached hydrogen (secondary N) is 2. The van der Waals surface area contributed by atoms with E-state index in [1.165, 1.54) is 6.20 Å². The third-order valence-electron chi connectivity index (χ3n) is 7.12. The van der Waals surface area contributed by atoms with Gasteiger partial charge in [0.1, 0.15) is 17.3 Å². The van der Waals surface area contributed by atoms with Crippen LogP contribution in [0.5, 0.6) is 0 Å². The molecule has 1 amide bonds. The minimum absolute atomic E-state index is 0.00945. The van der Waals surface area contributed by atoms with E-state index in [2.05, 4.69) is 49.2 Å². The highest BCUT2D eigenvalue weighted by atomic mass is 32.1. The fourth-order valence-electron chi connectivity index (χ4n) is 4.97. The van der Waals surface area contributed by atoms with Gasteiger partial charge in [0.2, 0.25) is 0 Å². The second-order valence-electron chi connectivity index (χ2n) is 9.94. The molecule has 8 nitrogen and oxygen atoms in total. The van der Waals surface area contributed by atoms with Gasteiger partial charge in [-0.1, -0.05) is 11.3 Å². The van der Waals surface area contributed by atoms with E-state index in [1.807, 2.05) is 0 Å². The molecule has 2 N–H and O–H groups in total. The summed E-state index contributed by atoms with van der Waals surface area (Å²) in [7, 11) is 0. The van der Waals surface area contributed by atoms with Crippen LogP contribution in [-0.2, 0) is 12.7 Å². The summed E-state index contributed by atoms with van der Waals surface area (Å²) in [4.78, 5) is 31.0. The minimum atomic E-state index is -4.71. The molecular formula is C26H29F4N7OS. The highest BCUT2D eigenvalue weighted by Crippen LogP contribution is 2.37. The summed E-state index contributed by atoms with van der Waals surface area (Å²) in [6.07, 6.45) is 0.259. The van der Waals surface area contributed by atoms with Crippen LogP contribution in [0, 0.1) is 5.82 Å². The molecule has 2 aliphatic heterocycles. The second kappa shape index (κ2) is 11.1. The van der Waals surface area contributed by atoms with Crippen LogP contribution in [0.25, 0.3) is 11.3 Å². The van der Waals surface area contributed by atoms with Crippen molar-refractivity contribution < 1.29 is 22.4 Å². The predicted molar refractivity (Wildman–Crippen MR) is 141 cm³/mol. The van der Waals surface area contributed by atoms with E-state index in [4.69, 9.17) is 0 Å². The standard InChI is InChI=1S/C26H29F4N7OS/c1-15-4-3-6-36(15)14-21-23(17-8-18(26(28,29)30)10-19(27)9-17)34-25(39-21)35-24(38)20-12-33-22(13-32-20)37-7-5-31-11-16(37)2/h8-10,12-13,15-16,31H,3-7,11,14H2,1-2H3,(H,34,35,38)/t15-,16-/m1/s1. The Kier molecular flexibility index (Phi) is 7.83. The van der Waals surface area contributed by atoms with E-state index in [0.717, 1.165) is 62.5 Å². The van der Waals surface area contributed by atoms with Gasteiger partial charge in [-0.25, -0.2) is 19.3 Å². The van der Waals surface area contributed by atoms with Crippen molar-refractivity contribution in [3.63, 3.8) is 0 Å². The quantitative estimate of drug-likeness (QED) is 0.417. The minimum Gasteiger partial charge on any atom is -0.350 e. The van der Waals surface area contributed by atoms with Gasteiger partial charge in [0.15, 0.2) is 5.13 Å². The van der Waals surface area contributed by atoms with Crippen LogP contribution in [0.4, 0.5) is 28.5 Å². The fraction of sp³-hybridized carbons (Fsp3) is 0.462. The van der Waals surface area contributed by atoms with Gasteiger partial charge >= 0.3 is 6.18 Å². The lowest BCUT2D eigenvalue weighted by atomic mass is 10.1. The summed E-state index contributed by atoms with van der Waals surface area (Å²) in [5, 5.41) is 6.20. The van der Waals surface area contributed by atoms with Crippen molar-refractivity contribution >= 4 is 28.2 Å². The van der Waals surface area contributed by atoms with Gasteiger partial charge in [-0.2, -0.15) is 13.2 Å². The van der Waals surface area contributed by atoms with Crippen molar-refractivity contribution in [2.24, 2.45) is 0 Å². The average Bonchev–Trinajstić information content (AvgIpc) is 3.49. The number of alkyl halides is 3. The molecule has 4 heterocycles. The third kappa shape index (κ3) is 6.20. The number of carbonyl (C=O) groups excluding carboxylic acids is 1. The number of halogens is 4. The number of thiazole rings is 1. The Bertz CT molecular complexity index is 1330. The molecule has 2 aromatic heterocycles. The Hall–Kier alpha value is -3.16. The number of aromatic nitrogens is 3. The second-order valence-corrected chi connectivity index (χ2v) is 11.0. The number of likely N-dealkylation sites (tertiary alicyclic amines) is 1. The van der Waals surface area contributed by atoms with Gasteiger partial charge in [0, 0.05) is 48.7 Å². The number of piperazine rings is 1. The molecule has 1 aromatic carbocycles. The Labute approximate surface area is 227 Å². The van der Waals surface area contributed by atoms with Crippen LogP contribution >= 0.6 is 11.3 Å². The molecule has 0 bridgehead atoms. The van der Waals surface area contributed by atoms with Crippen molar-refractivity contribution in [3.05, 3.63) is 52.5 Å². The maximum atomic E-state index is 14.2. The van der Waals surface area contributed by atoms with Crippen LogP contribution in [0.3, 0.4) is 0 Å². The average molecular weight is 564 g/mol. The summed E-state index contributed by atoms with van der Waals surface area (Å²) in [5.74, 6) is -0.877. The zero-order chi connectivity index (χ0) is 27.7. The zero-order valence-electron chi connectivity index (χ0n) is 21.6. The lowest BCUT2D eigenvalue weighted by Crippen LogP contribution is -2.50. The van der Waals surface area contributed by atoms with E-state index >= 15 is 0 Å². The zero-order valence-corrected chi connectivity index (χ0v) is 22.4. The van der Waals surface area contributed by atoms with Gasteiger partial charge < -0.3 is 10.2 Å². The Morgan fingerprint density at radius 1 is 1.15 bits per heavy atom. The number of benzene rings is 1. The molecule has 2 fully saturated rings. The number of nitrogens with zero attached hydrogens (tertiary/aromatic N) is 5. The topological polar surface area (TPSA) is 86.3 Å². The van der Waals surface area contributed by atoms with Crippen LogP contribution in [-0.4, -0.2) is 64.0 Å². The summed E-state index contributed by atoms with van der Waals surface area (Å²) < 4.78 is 54.5. The number of hydrogen-bond donors (Lipinski definition) is 2. The molecular weight excluding hydrogens is 534 g/mol. The van der Waals surface area contributed by atoms with Gasteiger partial charge in [-0.3, -0.25) is 15.0 Å². The first-order chi connectivity index (χ1) is 18.6. The SMILES string of the molecule is C[C@@H]1CCCN1Cc1sc(NC(=O)c2cnc(N3CCNC[C@H]3C)cn2)nc1-c1cc(F)cc(C(F)(F)F)c1. The smallest absolute Gasteiger partial charge is 0.350 e. The van der Waals surface area contributed by atoms with Crippen LogP contribution in [0.1, 0.15) is 47.6 Å². The third-order valence-corrected chi connectivity index (χ3v) is 8.08. The summed E-state index contributed by atoms with van der Waals surface area (Å²) in [6, 6.07) is 2.92. The molecule has 3 aromatic rings. The highest BCUT2D eigenvalue weighted by Gasteiger charge is 2.32. The van der Waals surface area contributed by atoms with Crippen LogP contribution in [0.15, 0.2) is 30.6 Å². The summed E-state index contributed by atoms with van der Waals surface area (Å²) in [6.45, 7) is 7.86. The van der Waals surface area contributed by atoms with E-state index in [9.17, 15) is 22.4 Å². The molecule has 0 unspecified atom stereocenters. The van der Waals surface area contributed by atoms with Crippen molar-refractivity contribution in [3.8, 4) is 11.3 Å². The maximum absolute atomic E-state index is 14.2. The largest absolute Gasteiger partial charge is 0.416 e. The Morgan fingerprint density at radius 2 is 1.97 bits per heavy atom. The van der Waals surface area contributed by atoms with Gasteiger partial charge in [0.05, 0.1) is 23.7 Å². The molecule has 208 valence electrons. The molecule has 0 radical (unpaired) electrons. The predicted octanol–water partition coefficient (Wildman–Crippen LogP) is 4.79. The highest BCUT2D eigenvalue weighted by molar-refractivity contribution is 7.16. The summed E-state index contributed by atoms with van der Waals surface area (Å²) in [5.41, 5.74) is -0.785. The number of amides is 1. The summed E-state index contributed by atoms with van der Waals surface area (Å²) >= 11 is 1.16. The van der Waals surface area contributed by atoms with Crippen molar-refractivity contribution in [1.29, 1.82) is 0 Å². The molecule has 2 aliphatic rings. The van der Waals surface area contributed by atoms with Crippen LogP contribution in [0.2, 0.25) is 0 Å². The first kappa shape index (κ1) is 27.4. The van der Waals surface area contributed by atoms with Gasteiger partial charge in [-0.05, 0) is 51.4 Å². The lowest BCUT2D eigenvalue weighted by Gasteiger charge is -2.34. The molecule has 13 heteroatoms. The van der Waals surface area contributed by atoms with E-state index < -0.39 is 23.5 Å².